The second kappa shape index (κ2) is 10.4. The standard InChI is InChI=1S/C33H30ClN3O4/c1-33(2)18-28-31-25(19-37(28)27-7-5-6-8-29(27)39-3)23(15-16-26(31)36-33)24-14-13-22(17-30(24)40-4)41-32(38)35-21-11-9-20(34)10-12-21/h5-18,36H,19H2,1-4H3,(H,35,38). The Hall–Kier alpha value is -4.62. The maximum Gasteiger partial charge on any atom is 0.417 e. The highest BCUT2D eigenvalue weighted by molar-refractivity contribution is 6.30. The van der Waals surface area contributed by atoms with Crippen molar-refractivity contribution >= 4 is 40.5 Å². The van der Waals surface area contributed by atoms with Gasteiger partial charge < -0.3 is 24.4 Å². The van der Waals surface area contributed by atoms with E-state index >= 15 is 0 Å². The van der Waals surface area contributed by atoms with Crippen LogP contribution in [0.15, 0.2) is 84.9 Å². The molecule has 1 amide bonds. The molecule has 0 fully saturated rings. The summed E-state index contributed by atoms with van der Waals surface area (Å²) in [6.45, 7) is 4.99. The van der Waals surface area contributed by atoms with Crippen LogP contribution in [0.2, 0.25) is 5.02 Å². The van der Waals surface area contributed by atoms with Crippen LogP contribution in [0.5, 0.6) is 17.2 Å². The fraction of sp³-hybridized carbons (Fsp3) is 0.182. The summed E-state index contributed by atoms with van der Waals surface area (Å²) in [7, 11) is 3.31. The van der Waals surface area contributed by atoms with Gasteiger partial charge in [0.1, 0.15) is 17.2 Å². The van der Waals surface area contributed by atoms with Crippen molar-refractivity contribution in [3.63, 3.8) is 0 Å². The maximum atomic E-state index is 12.5. The molecule has 6 rings (SSSR count). The molecule has 0 unspecified atom stereocenters. The van der Waals surface area contributed by atoms with Crippen LogP contribution in [0.25, 0.3) is 16.8 Å². The summed E-state index contributed by atoms with van der Waals surface area (Å²) in [5.41, 5.74) is 7.88. The first-order valence-corrected chi connectivity index (χ1v) is 13.6. The molecule has 208 valence electrons. The van der Waals surface area contributed by atoms with Crippen LogP contribution in [0.1, 0.15) is 25.0 Å². The summed E-state index contributed by atoms with van der Waals surface area (Å²) in [6.07, 6.45) is 1.67. The predicted octanol–water partition coefficient (Wildman–Crippen LogP) is 8.20. The molecule has 0 aliphatic carbocycles. The van der Waals surface area contributed by atoms with Crippen molar-refractivity contribution in [3.05, 3.63) is 101 Å². The summed E-state index contributed by atoms with van der Waals surface area (Å²) in [6, 6.07) is 24.6. The van der Waals surface area contributed by atoms with Crippen LogP contribution in [-0.2, 0) is 6.54 Å². The Morgan fingerprint density at radius 3 is 2.41 bits per heavy atom. The van der Waals surface area contributed by atoms with Crippen molar-refractivity contribution in [1.82, 2.24) is 0 Å². The molecule has 2 aliphatic rings. The second-order valence-corrected chi connectivity index (χ2v) is 11.0. The summed E-state index contributed by atoms with van der Waals surface area (Å²) in [4.78, 5) is 14.8. The van der Waals surface area contributed by atoms with E-state index in [1.165, 1.54) is 5.56 Å². The van der Waals surface area contributed by atoms with E-state index in [0.717, 1.165) is 39.5 Å². The fourth-order valence-corrected chi connectivity index (χ4v) is 5.65. The lowest BCUT2D eigenvalue weighted by atomic mass is 9.89. The van der Waals surface area contributed by atoms with Crippen molar-refractivity contribution in [1.29, 1.82) is 0 Å². The first-order chi connectivity index (χ1) is 19.8. The highest BCUT2D eigenvalue weighted by Crippen LogP contribution is 2.51. The van der Waals surface area contributed by atoms with E-state index in [1.54, 1.807) is 50.6 Å². The number of rotatable bonds is 6. The molecule has 0 spiro atoms. The number of carbonyl (C=O) groups is 1. The van der Waals surface area contributed by atoms with Gasteiger partial charge in [-0.05, 0) is 85.6 Å². The first-order valence-electron chi connectivity index (χ1n) is 13.3. The second-order valence-electron chi connectivity index (χ2n) is 10.5. The highest BCUT2D eigenvalue weighted by Gasteiger charge is 2.37. The lowest BCUT2D eigenvalue weighted by molar-refractivity contribution is 0.215. The van der Waals surface area contributed by atoms with E-state index in [0.29, 0.717) is 28.8 Å². The largest absolute Gasteiger partial charge is 0.496 e. The van der Waals surface area contributed by atoms with Gasteiger partial charge in [0.15, 0.2) is 0 Å². The number of nitrogens with one attached hydrogen (secondary N) is 2. The Morgan fingerprint density at radius 2 is 1.66 bits per heavy atom. The van der Waals surface area contributed by atoms with Crippen molar-refractivity contribution in [2.24, 2.45) is 0 Å². The lowest BCUT2D eigenvalue weighted by Gasteiger charge is -2.33. The van der Waals surface area contributed by atoms with Gasteiger partial charge in [-0.1, -0.05) is 29.8 Å². The van der Waals surface area contributed by atoms with Crippen LogP contribution in [0.4, 0.5) is 21.9 Å². The number of hydrogen-bond donors (Lipinski definition) is 2. The molecular weight excluding hydrogens is 538 g/mol. The normalized spacial score (nSPS) is 14.5. The molecule has 8 heteroatoms. The number of para-hydroxylation sites is 2. The Kier molecular flexibility index (Phi) is 6.75. The van der Waals surface area contributed by atoms with Gasteiger partial charge in [0.25, 0.3) is 0 Å². The van der Waals surface area contributed by atoms with E-state index in [2.05, 4.69) is 53.7 Å². The number of halogens is 1. The molecule has 0 saturated heterocycles. The number of methoxy groups -OCH3 is 2. The molecule has 2 heterocycles. The van der Waals surface area contributed by atoms with E-state index in [9.17, 15) is 4.79 Å². The van der Waals surface area contributed by atoms with E-state index in [-0.39, 0.29) is 5.54 Å². The number of nitrogens with zero attached hydrogens (tertiary/aromatic N) is 1. The van der Waals surface area contributed by atoms with Gasteiger partial charge >= 0.3 is 6.09 Å². The fourth-order valence-electron chi connectivity index (χ4n) is 5.52. The molecule has 0 bridgehead atoms. The van der Waals surface area contributed by atoms with E-state index in [1.807, 2.05) is 24.3 Å². The summed E-state index contributed by atoms with van der Waals surface area (Å²) >= 11 is 5.93. The van der Waals surface area contributed by atoms with Gasteiger partial charge in [-0.2, -0.15) is 0 Å². The molecule has 4 aromatic carbocycles. The summed E-state index contributed by atoms with van der Waals surface area (Å²) in [5.74, 6) is 1.78. The third-order valence-corrected chi connectivity index (χ3v) is 7.52. The first kappa shape index (κ1) is 26.6. The highest BCUT2D eigenvalue weighted by atomic mass is 35.5. The maximum absolute atomic E-state index is 12.5. The van der Waals surface area contributed by atoms with Crippen molar-refractivity contribution in [3.8, 4) is 28.4 Å². The van der Waals surface area contributed by atoms with Crippen LogP contribution in [-0.4, -0.2) is 25.9 Å². The van der Waals surface area contributed by atoms with Gasteiger partial charge in [0.2, 0.25) is 0 Å². The monoisotopic (exact) mass is 567 g/mol. The van der Waals surface area contributed by atoms with Crippen LogP contribution in [0, 0.1) is 0 Å². The minimum Gasteiger partial charge on any atom is -0.496 e. The minimum absolute atomic E-state index is 0.227. The quantitative estimate of drug-likeness (QED) is 0.245. The topological polar surface area (TPSA) is 72.1 Å². The molecule has 0 saturated carbocycles. The third kappa shape index (κ3) is 5.05. The Morgan fingerprint density at radius 1 is 0.927 bits per heavy atom. The Bertz CT molecular complexity index is 1680. The van der Waals surface area contributed by atoms with Crippen LogP contribution < -0.4 is 29.7 Å². The SMILES string of the molecule is COc1cc(OC(=O)Nc2ccc(Cl)cc2)ccc1-c1ccc2c3c1CN(c1ccccc1OC)C3=CC(C)(C)N2. The van der Waals surface area contributed by atoms with Gasteiger partial charge in [-0.15, -0.1) is 0 Å². The molecular formula is C33H30ClN3O4. The zero-order valence-corrected chi connectivity index (χ0v) is 24.0. The smallest absolute Gasteiger partial charge is 0.417 e. The Labute approximate surface area is 244 Å². The van der Waals surface area contributed by atoms with Crippen molar-refractivity contribution in [2.45, 2.75) is 25.9 Å². The van der Waals surface area contributed by atoms with Crippen LogP contribution >= 0.6 is 11.6 Å². The van der Waals surface area contributed by atoms with E-state index in [4.69, 9.17) is 25.8 Å². The molecule has 0 radical (unpaired) electrons. The summed E-state index contributed by atoms with van der Waals surface area (Å²) < 4.78 is 17.1. The molecule has 2 N–H and O–H groups in total. The average Bonchev–Trinajstić information content (AvgIpc) is 3.33. The van der Waals surface area contributed by atoms with Crippen molar-refractivity contribution < 1.29 is 19.0 Å². The van der Waals surface area contributed by atoms with Gasteiger partial charge in [-0.25, -0.2) is 4.79 Å². The van der Waals surface area contributed by atoms with Gasteiger partial charge in [0, 0.05) is 45.8 Å². The van der Waals surface area contributed by atoms with E-state index < -0.39 is 6.09 Å². The molecule has 41 heavy (non-hydrogen) atoms. The van der Waals surface area contributed by atoms with Gasteiger partial charge in [0.05, 0.1) is 25.4 Å². The zero-order chi connectivity index (χ0) is 28.7. The zero-order valence-electron chi connectivity index (χ0n) is 23.2. The average molecular weight is 568 g/mol. The third-order valence-electron chi connectivity index (χ3n) is 7.27. The summed E-state index contributed by atoms with van der Waals surface area (Å²) in [5, 5.41) is 6.96. The predicted molar refractivity (Wildman–Crippen MR) is 164 cm³/mol. The molecule has 7 nitrogen and oxygen atoms in total. The molecule has 2 aliphatic heterocycles. The molecule has 0 aromatic heterocycles. The number of hydrogen-bond acceptors (Lipinski definition) is 6. The molecule has 0 atom stereocenters. The lowest BCUT2D eigenvalue weighted by Crippen LogP contribution is -2.33. The van der Waals surface area contributed by atoms with Crippen molar-refractivity contribution in [2.75, 3.05) is 29.8 Å². The number of carbonyl (C=O) groups excluding carboxylic acids is 1. The molecule has 4 aromatic rings. The number of ether oxygens (including phenoxy) is 3. The minimum atomic E-state index is -0.606. The Balaban J connectivity index is 1.36. The van der Waals surface area contributed by atoms with Gasteiger partial charge in [-0.3, -0.25) is 5.32 Å². The van der Waals surface area contributed by atoms with Crippen LogP contribution in [0.3, 0.4) is 0 Å². The number of benzene rings is 4. The number of anilines is 3. The number of amides is 1.